The predicted octanol–water partition coefficient (Wildman–Crippen LogP) is 13.7. The fourth-order valence-corrected chi connectivity index (χ4v) is 9.38. The van der Waals surface area contributed by atoms with Gasteiger partial charge in [0.1, 0.15) is 5.82 Å². The van der Waals surface area contributed by atoms with Gasteiger partial charge in [0.25, 0.3) is 0 Å². The van der Waals surface area contributed by atoms with E-state index in [4.69, 9.17) is 4.98 Å². The number of rotatable bonds is 3. The molecule has 0 N–H and O–H groups in total. The lowest BCUT2D eigenvalue weighted by molar-refractivity contribution is 0.628. The van der Waals surface area contributed by atoms with Crippen LogP contribution in [0.5, 0.6) is 0 Å². The van der Waals surface area contributed by atoms with Crippen molar-refractivity contribution in [2.75, 3.05) is 0 Å². The van der Waals surface area contributed by atoms with Crippen molar-refractivity contribution in [3.8, 4) is 44.6 Å². The minimum atomic E-state index is -0.233. The Morgan fingerprint density at radius 3 is 1.85 bits per heavy atom. The van der Waals surface area contributed by atoms with Crippen LogP contribution >= 0.6 is 0 Å². The number of fused-ring (bicyclic) bond motifs is 5. The first-order valence-electron chi connectivity index (χ1n) is 18.0. The summed E-state index contributed by atoms with van der Waals surface area (Å²) in [5.74, 6) is -0.233. The summed E-state index contributed by atoms with van der Waals surface area (Å²) in [7, 11) is 0. The van der Waals surface area contributed by atoms with E-state index >= 15 is 4.39 Å². The van der Waals surface area contributed by atoms with E-state index in [1.54, 1.807) is 6.07 Å². The van der Waals surface area contributed by atoms with E-state index < -0.39 is 0 Å². The number of pyridine rings is 1. The molecule has 1 nitrogen and oxygen atoms in total. The maximum atomic E-state index is 15.0. The SMILES string of the molecule is CC1(C)c2ccccc2-c2cc3c(-c4cccc(F)c4)c4ccccc4c(-c4ccc5ccc6c(-c7ccccn7)ccc7ccc4c5c76)c3cc21. The van der Waals surface area contributed by atoms with Crippen LogP contribution in [0.25, 0.3) is 98.5 Å². The normalized spacial score (nSPS) is 13.4. The van der Waals surface area contributed by atoms with Gasteiger partial charge < -0.3 is 0 Å². The lowest BCUT2D eigenvalue weighted by Crippen LogP contribution is -2.14. The average molecular weight is 666 g/mol. The molecular formula is C50H32FN. The highest BCUT2D eigenvalue weighted by Crippen LogP contribution is 2.54. The van der Waals surface area contributed by atoms with E-state index in [9.17, 15) is 0 Å². The maximum absolute atomic E-state index is 15.0. The molecule has 0 radical (unpaired) electrons. The summed E-state index contributed by atoms with van der Waals surface area (Å²) >= 11 is 0. The molecule has 1 aliphatic rings. The second kappa shape index (κ2) is 10.6. The first kappa shape index (κ1) is 29.4. The molecule has 0 aliphatic heterocycles. The Labute approximate surface area is 301 Å². The molecule has 0 saturated carbocycles. The third-order valence-corrected chi connectivity index (χ3v) is 11.7. The molecule has 10 aromatic rings. The Balaban J connectivity index is 1.31. The van der Waals surface area contributed by atoms with Crippen LogP contribution < -0.4 is 0 Å². The van der Waals surface area contributed by atoms with Gasteiger partial charge in [-0.3, -0.25) is 4.98 Å². The zero-order chi connectivity index (χ0) is 34.7. The molecular weight excluding hydrogens is 634 g/mol. The smallest absolute Gasteiger partial charge is 0.123 e. The van der Waals surface area contributed by atoms with Gasteiger partial charge in [0.05, 0.1) is 5.69 Å². The largest absolute Gasteiger partial charge is 0.256 e. The van der Waals surface area contributed by atoms with Crippen molar-refractivity contribution in [2.45, 2.75) is 19.3 Å². The van der Waals surface area contributed by atoms with Crippen molar-refractivity contribution < 1.29 is 4.39 Å². The van der Waals surface area contributed by atoms with Gasteiger partial charge in [-0.05, 0) is 135 Å². The average Bonchev–Trinajstić information content (AvgIpc) is 3.40. The summed E-state index contributed by atoms with van der Waals surface area (Å²) in [4.78, 5) is 4.74. The quantitative estimate of drug-likeness (QED) is 0.135. The van der Waals surface area contributed by atoms with E-state index in [0.29, 0.717) is 0 Å². The van der Waals surface area contributed by atoms with Crippen LogP contribution in [0, 0.1) is 5.82 Å². The lowest BCUT2D eigenvalue weighted by atomic mass is 9.79. The highest BCUT2D eigenvalue weighted by Gasteiger charge is 2.36. The fourth-order valence-electron chi connectivity index (χ4n) is 9.38. The van der Waals surface area contributed by atoms with Crippen LogP contribution in [0.4, 0.5) is 4.39 Å². The van der Waals surface area contributed by atoms with Gasteiger partial charge in [-0.15, -0.1) is 0 Å². The fraction of sp³-hybridized carbons (Fsp3) is 0.0600. The molecule has 244 valence electrons. The zero-order valence-electron chi connectivity index (χ0n) is 28.8. The highest BCUT2D eigenvalue weighted by atomic mass is 19.1. The Morgan fingerprint density at radius 2 is 1.10 bits per heavy atom. The molecule has 11 rings (SSSR count). The Hall–Kier alpha value is -6.38. The molecule has 9 aromatic carbocycles. The number of nitrogens with zero attached hydrogens (tertiary/aromatic N) is 1. The Kier molecular flexibility index (Phi) is 5.97. The molecule has 1 aliphatic carbocycles. The zero-order valence-corrected chi connectivity index (χ0v) is 28.8. The molecule has 1 aromatic heterocycles. The van der Waals surface area contributed by atoms with Crippen LogP contribution in [0.1, 0.15) is 25.0 Å². The van der Waals surface area contributed by atoms with E-state index in [1.165, 1.54) is 77.2 Å². The van der Waals surface area contributed by atoms with E-state index in [2.05, 4.69) is 135 Å². The molecule has 2 heteroatoms. The molecule has 0 spiro atoms. The summed E-state index contributed by atoms with van der Waals surface area (Å²) < 4.78 is 15.0. The van der Waals surface area contributed by atoms with Gasteiger partial charge in [-0.1, -0.05) is 129 Å². The van der Waals surface area contributed by atoms with Crippen molar-refractivity contribution >= 4 is 53.9 Å². The molecule has 0 saturated heterocycles. The summed E-state index contributed by atoms with van der Waals surface area (Å²) in [5.41, 5.74) is 11.5. The van der Waals surface area contributed by atoms with Gasteiger partial charge in [0.15, 0.2) is 0 Å². The first-order chi connectivity index (χ1) is 25.5. The number of hydrogen-bond donors (Lipinski definition) is 0. The topological polar surface area (TPSA) is 12.9 Å². The Morgan fingerprint density at radius 1 is 0.442 bits per heavy atom. The molecule has 0 bridgehead atoms. The third kappa shape index (κ3) is 3.95. The summed E-state index contributed by atoms with van der Waals surface area (Å²) in [6.45, 7) is 4.68. The number of benzene rings is 9. The molecule has 0 unspecified atom stereocenters. The Bertz CT molecular complexity index is 3100. The molecule has 0 amide bonds. The number of halogens is 1. The molecule has 1 heterocycles. The van der Waals surface area contributed by atoms with Crippen molar-refractivity contribution in [2.24, 2.45) is 0 Å². The second-order valence-corrected chi connectivity index (χ2v) is 14.8. The predicted molar refractivity (Wildman–Crippen MR) is 217 cm³/mol. The first-order valence-corrected chi connectivity index (χ1v) is 18.0. The van der Waals surface area contributed by atoms with Crippen LogP contribution in [-0.4, -0.2) is 4.98 Å². The van der Waals surface area contributed by atoms with E-state index in [-0.39, 0.29) is 11.2 Å². The minimum Gasteiger partial charge on any atom is -0.256 e. The van der Waals surface area contributed by atoms with Gasteiger partial charge in [0, 0.05) is 17.2 Å². The molecule has 52 heavy (non-hydrogen) atoms. The van der Waals surface area contributed by atoms with Gasteiger partial charge in [-0.25, -0.2) is 4.39 Å². The molecule has 0 atom stereocenters. The summed E-state index contributed by atoms with van der Waals surface area (Å²) in [5, 5.41) is 12.0. The van der Waals surface area contributed by atoms with Crippen molar-refractivity contribution in [3.05, 3.63) is 175 Å². The van der Waals surface area contributed by atoms with E-state index in [1.807, 2.05) is 24.4 Å². The summed E-state index contributed by atoms with van der Waals surface area (Å²) in [6, 6.07) is 53.7. The van der Waals surface area contributed by atoms with E-state index in [0.717, 1.165) is 38.5 Å². The lowest BCUT2D eigenvalue weighted by Gasteiger charge is -2.24. The minimum absolute atomic E-state index is 0.174. The van der Waals surface area contributed by atoms with Crippen LogP contribution in [-0.2, 0) is 5.41 Å². The second-order valence-electron chi connectivity index (χ2n) is 14.8. The van der Waals surface area contributed by atoms with Crippen molar-refractivity contribution in [3.63, 3.8) is 0 Å². The van der Waals surface area contributed by atoms with Crippen LogP contribution in [0.15, 0.2) is 158 Å². The number of aromatic nitrogens is 1. The van der Waals surface area contributed by atoms with Gasteiger partial charge >= 0.3 is 0 Å². The standard InChI is InChI=1S/C50H32FN/c1-50(2)43-15-6-5-12-33(43)40-27-41-42(28-44(40)50)49(36-14-4-3-13-35(36)46(41)31-10-9-11-32(51)26-31)39-24-20-30-18-22-37-34(45-16-7-8-25-52-45)21-17-29-19-23-38(39)48(30)47(29)37/h3-28H,1-2H3. The van der Waals surface area contributed by atoms with Crippen molar-refractivity contribution in [1.82, 2.24) is 4.98 Å². The van der Waals surface area contributed by atoms with Gasteiger partial charge in [-0.2, -0.15) is 0 Å². The highest BCUT2D eigenvalue weighted by molar-refractivity contribution is 6.30. The van der Waals surface area contributed by atoms with Crippen LogP contribution in [0.2, 0.25) is 0 Å². The molecule has 0 fully saturated rings. The van der Waals surface area contributed by atoms with Crippen LogP contribution in [0.3, 0.4) is 0 Å². The van der Waals surface area contributed by atoms with Crippen molar-refractivity contribution in [1.29, 1.82) is 0 Å². The third-order valence-electron chi connectivity index (χ3n) is 11.7. The maximum Gasteiger partial charge on any atom is 0.123 e. The number of hydrogen-bond acceptors (Lipinski definition) is 1. The van der Waals surface area contributed by atoms with Gasteiger partial charge in [0.2, 0.25) is 0 Å². The summed E-state index contributed by atoms with van der Waals surface area (Å²) in [6.07, 6.45) is 1.87. The monoisotopic (exact) mass is 665 g/mol.